The summed E-state index contributed by atoms with van der Waals surface area (Å²) in [7, 11) is 0. The summed E-state index contributed by atoms with van der Waals surface area (Å²) < 4.78 is 5.69. The molecular weight excluding hydrogens is 178 g/mol. The zero-order valence-corrected chi connectivity index (χ0v) is 9.33. The standard InChI is InChI=1S/C11H23NO2/c1-11(2,13)7-8-14-10-6-4-3-5-9(10)12/h9-10,13H,3-8,12H2,1-2H3. The lowest BCUT2D eigenvalue weighted by atomic mass is 9.93. The van der Waals surface area contributed by atoms with Crippen LogP contribution in [0.25, 0.3) is 0 Å². The van der Waals surface area contributed by atoms with Crippen molar-refractivity contribution in [2.75, 3.05) is 6.61 Å². The van der Waals surface area contributed by atoms with E-state index in [0.717, 1.165) is 12.8 Å². The Kier molecular flexibility index (Phi) is 4.35. The molecule has 0 aliphatic heterocycles. The second kappa shape index (κ2) is 5.10. The van der Waals surface area contributed by atoms with Crippen molar-refractivity contribution in [3.05, 3.63) is 0 Å². The highest BCUT2D eigenvalue weighted by Gasteiger charge is 2.23. The summed E-state index contributed by atoms with van der Waals surface area (Å²) in [4.78, 5) is 0. The third-order valence-electron chi connectivity index (χ3n) is 2.80. The predicted molar refractivity (Wildman–Crippen MR) is 57.1 cm³/mol. The van der Waals surface area contributed by atoms with E-state index in [2.05, 4.69) is 0 Å². The molecule has 0 bridgehead atoms. The Morgan fingerprint density at radius 3 is 2.57 bits per heavy atom. The largest absolute Gasteiger partial charge is 0.390 e. The number of aliphatic hydroxyl groups is 1. The van der Waals surface area contributed by atoms with Gasteiger partial charge in [-0.15, -0.1) is 0 Å². The van der Waals surface area contributed by atoms with E-state index in [1.54, 1.807) is 13.8 Å². The van der Waals surface area contributed by atoms with Crippen LogP contribution in [0.1, 0.15) is 46.0 Å². The molecule has 3 nitrogen and oxygen atoms in total. The summed E-state index contributed by atoms with van der Waals surface area (Å²) in [6, 6.07) is 0.200. The van der Waals surface area contributed by atoms with Crippen LogP contribution in [0.15, 0.2) is 0 Å². The van der Waals surface area contributed by atoms with Gasteiger partial charge in [0.05, 0.1) is 11.7 Å². The summed E-state index contributed by atoms with van der Waals surface area (Å²) in [5.41, 5.74) is 5.32. The van der Waals surface area contributed by atoms with E-state index in [1.165, 1.54) is 12.8 Å². The van der Waals surface area contributed by atoms with E-state index in [0.29, 0.717) is 13.0 Å². The van der Waals surface area contributed by atoms with Gasteiger partial charge >= 0.3 is 0 Å². The van der Waals surface area contributed by atoms with E-state index in [4.69, 9.17) is 10.5 Å². The van der Waals surface area contributed by atoms with Gasteiger partial charge in [0.25, 0.3) is 0 Å². The summed E-state index contributed by atoms with van der Waals surface area (Å²) >= 11 is 0. The minimum absolute atomic E-state index is 0.200. The van der Waals surface area contributed by atoms with Gasteiger partial charge in [-0.25, -0.2) is 0 Å². The number of hydrogen-bond acceptors (Lipinski definition) is 3. The molecule has 0 heterocycles. The highest BCUT2D eigenvalue weighted by molar-refractivity contribution is 4.78. The van der Waals surface area contributed by atoms with Crippen molar-refractivity contribution in [2.24, 2.45) is 5.73 Å². The van der Waals surface area contributed by atoms with E-state index < -0.39 is 5.60 Å². The van der Waals surface area contributed by atoms with Gasteiger partial charge in [-0.1, -0.05) is 12.8 Å². The molecule has 0 amide bonds. The minimum Gasteiger partial charge on any atom is -0.390 e. The summed E-state index contributed by atoms with van der Waals surface area (Å²) in [5.74, 6) is 0. The molecule has 0 spiro atoms. The maximum Gasteiger partial charge on any atom is 0.0725 e. The molecule has 0 saturated heterocycles. The minimum atomic E-state index is -0.626. The van der Waals surface area contributed by atoms with Crippen molar-refractivity contribution in [1.29, 1.82) is 0 Å². The SMILES string of the molecule is CC(C)(O)CCOC1CCCCC1N. The van der Waals surface area contributed by atoms with Gasteiger partial charge in [-0.05, 0) is 33.1 Å². The molecule has 1 aliphatic carbocycles. The molecule has 2 unspecified atom stereocenters. The molecule has 0 radical (unpaired) electrons. The molecular formula is C11H23NO2. The Bertz CT molecular complexity index is 165. The van der Waals surface area contributed by atoms with Crippen LogP contribution in [0, 0.1) is 0 Å². The van der Waals surface area contributed by atoms with E-state index in [-0.39, 0.29) is 12.1 Å². The molecule has 1 saturated carbocycles. The van der Waals surface area contributed by atoms with Crippen molar-refractivity contribution < 1.29 is 9.84 Å². The monoisotopic (exact) mass is 201 g/mol. The van der Waals surface area contributed by atoms with Gasteiger partial charge in [-0.2, -0.15) is 0 Å². The average molecular weight is 201 g/mol. The fraction of sp³-hybridized carbons (Fsp3) is 1.00. The molecule has 1 fully saturated rings. The Hall–Kier alpha value is -0.120. The highest BCUT2D eigenvalue weighted by Crippen LogP contribution is 2.20. The first-order valence-corrected chi connectivity index (χ1v) is 5.58. The van der Waals surface area contributed by atoms with Crippen molar-refractivity contribution in [1.82, 2.24) is 0 Å². The lowest BCUT2D eigenvalue weighted by Crippen LogP contribution is -2.40. The van der Waals surface area contributed by atoms with Crippen LogP contribution in [-0.2, 0) is 4.74 Å². The quantitative estimate of drug-likeness (QED) is 0.723. The second-order valence-electron chi connectivity index (χ2n) is 4.92. The highest BCUT2D eigenvalue weighted by atomic mass is 16.5. The van der Waals surface area contributed by atoms with Gasteiger partial charge in [0.1, 0.15) is 0 Å². The van der Waals surface area contributed by atoms with Crippen LogP contribution >= 0.6 is 0 Å². The van der Waals surface area contributed by atoms with Crippen LogP contribution in [0.2, 0.25) is 0 Å². The number of rotatable bonds is 4. The first kappa shape index (κ1) is 12.0. The maximum absolute atomic E-state index is 9.50. The molecule has 0 aromatic heterocycles. The van der Waals surface area contributed by atoms with Gasteiger partial charge < -0.3 is 15.6 Å². The fourth-order valence-corrected chi connectivity index (χ4v) is 1.79. The van der Waals surface area contributed by atoms with E-state index in [1.807, 2.05) is 0 Å². The lowest BCUT2D eigenvalue weighted by molar-refractivity contribution is -0.0213. The first-order chi connectivity index (χ1) is 6.49. The molecule has 1 aliphatic rings. The Labute approximate surface area is 86.6 Å². The molecule has 3 heteroatoms. The zero-order chi connectivity index (χ0) is 10.6. The molecule has 3 N–H and O–H groups in total. The maximum atomic E-state index is 9.50. The van der Waals surface area contributed by atoms with Crippen molar-refractivity contribution in [3.8, 4) is 0 Å². The molecule has 0 aromatic carbocycles. The second-order valence-corrected chi connectivity index (χ2v) is 4.92. The fourth-order valence-electron chi connectivity index (χ4n) is 1.79. The third kappa shape index (κ3) is 4.40. The lowest BCUT2D eigenvalue weighted by Gasteiger charge is -2.29. The Morgan fingerprint density at radius 1 is 1.36 bits per heavy atom. The number of ether oxygens (including phenoxy) is 1. The van der Waals surface area contributed by atoms with Crippen LogP contribution < -0.4 is 5.73 Å². The molecule has 2 atom stereocenters. The summed E-state index contributed by atoms with van der Waals surface area (Å²) in [6.45, 7) is 4.22. The van der Waals surface area contributed by atoms with Crippen LogP contribution in [-0.4, -0.2) is 29.5 Å². The van der Waals surface area contributed by atoms with Crippen molar-refractivity contribution >= 4 is 0 Å². The molecule has 84 valence electrons. The van der Waals surface area contributed by atoms with Gasteiger partial charge in [0, 0.05) is 12.6 Å². The normalized spacial score (nSPS) is 29.1. The Balaban J connectivity index is 2.17. The van der Waals surface area contributed by atoms with E-state index >= 15 is 0 Å². The van der Waals surface area contributed by atoms with Crippen molar-refractivity contribution in [3.63, 3.8) is 0 Å². The first-order valence-electron chi connectivity index (χ1n) is 5.58. The topological polar surface area (TPSA) is 55.5 Å². The zero-order valence-electron chi connectivity index (χ0n) is 9.33. The molecule has 0 aromatic rings. The van der Waals surface area contributed by atoms with Crippen LogP contribution in [0.5, 0.6) is 0 Å². The van der Waals surface area contributed by atoms with Gasteiger partial charge in [0.15, 0.2) is 0 Å². The molecule has 1 rings (SSSR count). The van der Waals surface area contributed by atoms with Gasteiger partial charge in [-0.3, -0.25) is 0 Å². The van der Waals surface area contributed by atoms with Crippen molar-refractivity contribution in [2.45, 2.75) is 63.7 Å². The summed E-state index contributed by atoms with van der Waals surface area (Å²) in [6.07, 6.45) is 5.50. The predicted octanol–water partition coefficient (Wildman–Crippen LogP) is 1.43. The number of hydrogen-bond donors (Lipinski definition) is 2. The van der Waals surface area contributed by atoms with E-state index in [9.17, 15) is 5.11 Å². The summed E-state index contributed by atoms with van der Waals surface area (Å²) in [5, 5.41) is 9.50. The average Bonchev–Trinajstić information content (AvgIpc) is 2.06. The Morgan fingerprint density at radius 2 is 2.00 bits per heavy atom. The van der Waals surface area contributed by atoms with Gasteiger partial charge in [0.2, 0.25) is 0 Å². The van der Waals surface area contributed by atoms with Crippen LogP contribution in [0.3, 0.4) is 0 Å². The third-order valence-corrected chi connectivity index (χ3v) is 2.80. The molecule has 14 heavy (non-hydrogen) atoms. The number of nitrogens with two attached hydrogens (primary N) is 1. The van der Waals surface area contributed by atoms with Crippen LogP contribution in [0.4, 0.5) is 0 Å². The smallest absolute Gasteiger partial charge is 0.0725 e.